The van der Waals surface area contributed by atoms with E-state index < -0.39 is 21.6 Å². The first kappa shape index (κ1) is 15.8. The molecule has 0 saturated carbocycles. The van der Waals surface area contributed by atoms with Gasteiger partial charge in [0.1, 0.15) is 0 Å². The van der Waals surface area contributed by atoms with Crippen LogP contribution in [0.2, 0.25) is 0 Å². The molecule has 1 aromatic rings. The Morgan fingerprint density at radius 3 is 2.79 bits per heavy atom. The summed E-state index contributed by atoms with van der Waals surface area (Å²) in [6.07, 6.45) is 0. The Hall–Kier alpha value is -1.28. The average Bonchev–Trinajstić information content (AvgIpc) is 2.38. The second-order valence-electron chi connectivity index (χ2n) is 3.61. The lowest BCUT2D eigenvalue weighted by molar-refractivity contribution is -0.385. The number of halogens is 1. The van der Waals surface area contributed by atoms with Gasteiger partial charge in [-0.15, -0.1) is 0 Å². The van der Waals surface area contributed by atoms with Gasteiger partial charge in [0.15, 0.2) is 0 Å². The van der Waals surface area contributed by atoms with Crippen molar-refractivity contribution in [2.45, 2.75) is 6.92 Å². The highest BCUT2D eigenvalue weighted by molar-refractivity contribution is 9.10. The number of hydrogen-bond acceptors (Lipinski definition) is 4. The highest BCUT2D eigenvalue weighted by Gasteiger charge is 2.15. The Morgan fingerprint density at radius 2 is 2.21 bits per heavy atom. The molecule has 0 aliphatic heterocycles. The van der Waals surface area contributed by atoms with Gasteiger partial charge in [-0.05, 0) is 28.1 Å². The number of benzene rings is 1. The van der Waals surface area contributed by atoms with E-state index in [2.05, 4.69) is 21.2 Å². The first-order valence-electron chi connectivity index (χ1n) is 5.52. The van der Waals surface area contributed by atoms with E-state index >= 15 is 0 Å². The van der Waals surface area contributed by atoms with Gasteiger partial charge in [-0.3, -0.25) is 19.1 Å². The van der Waals surface area contributed by atoms with Crippen LogP contribution in [0.3, 0.4) is 0 Å². The lowest BCUT2D eigenvalue weighted by Crippen LogP contribution is -2.28. The Kier molecular flexibility index (Phi) is 6.10. The van der Waals surface area contributed by atoms with Crippen LogP contribution < -0.4 is 5.32 Å². The number of nitro benzene ring substituents is 1. The molecular weight excluding hydrogens is 336 g/mol. The lowest BCUT2D eigenvalue weighted by Gasteiger charge is -2.05. The maximum atomic E-state index is 11.8. The van der Waals surface area contributed by atoms with Gasteiger partial charge in [0.25, 0.3) is 11.6 Å². The van der Waals surface area contributed by atoms with E-state index in [1.54, 1.807) is 6.92 Å². The normalized spacial score (nSPS) is 11.9. The van der Waals surface area contributed by atoms with Crippen LogP contribution >= 0.6 is 15.9 Å². The molecule has 0 heterocycles. The number of amides is 1. The Bertz CT molecular complexity index is 521. The molecule has 0 aromatic heterocycles. The van der Waals surface area contributed by atoms with Crippen molar-refractivity contribution in [1.82, 2.24) is 5.32 Å². The van der Waals surface area contributed by atoms with Gasteiger partial charge in [0.05, 0.1) is 9.40 Å². The Balaban J connectivity index is 2.70. The van der Waals surface area contributed by atoms with E-state index in [4.69, 9.17) is 0 Å². The summed E-state index contributed by atoms with van der Waals surface area (Å²) < 4.78 is 11.5. The van der Waals surface area contributed by atoms with Crippen LogP contribution in [0.5, 0.6) is 0 Å². The fourth-order valence-electron chi connectivity index (χ4n) is 1.32. The molecule has 1 amide bonds. The largest absolute Gasteiger partial charge is 0.351 e. The van der Waals surface area contributed by atoms with Gasteiger partial charge < -0.3 is 5.32 Å². The average molecular weight is 349 g/mol. The topological polar surface area (TPSA) is 89.3 Å². The number of rotatable bonds is 6. The molecule has 1 aromatic carbocycles. The van der Waals surface area contributed by atoms with Crippen molar-refractivity contribution < 1.29 is 13.9 Å². The molecule has 0 fully saturated rings. The third kappa shape index (κ3) is 4.71. The van der Waals surface area contributed by atoms with Crippen LogP contribution in [-0.2, 0) is 10.8 Å². The fraction of sp³-hybridized carbons (Fsp3) is 0.364. The van der Waals surface area contributed by atoms with Gasteiger partial charge in [0.2, 0.25) is 0 Å². The molecule has 0 radical (unpaired) electrons. The van der Waals surface area contributed by atoms with E-state index in [0.29, 0.717) is 16.0 Å². The molecule has 1 atom stereocenters. The van der Waals surface area contributed by atoms with E-state index in [0.717, 1.165) is 0 Å². The van der Waals surface area contributed by atoms with E-state index in [-0.39, 0.29) is 17.8 Å². The number of nitro groups is 1. The molecule has 6 nitrogen and oxygen atoms in total. The minimum Gasteiger partial charge on any atom is -0.351 e. The maximum Gasteiger partial charge on any atom is 0.284 e. The predicted molar refractivity (Wildman–Crippen MR) is 76.7 cm³/mol. The molecule has 1 N–H and O–H groups in total. The smallest absolute Gasteiger partial charge is 0.284 e. The SMILES string of the molecule is CCS(=O)CCNC(=O)c1ccc(Br)c([N+](=O)[O-])c1. The standard InChI is InChI=1S/C11H13BrN2O4S/c1-2-19(18)6-5-13-11(15)8-3-4-9(12)10(7-8)14(16)17/h3-4,7H,2,5-6H2,1H3,(H,13,15). The van der Waals surface area contributed by atoms with Crippen LogP contribution in [0.1, 0.15) is 17.3 Å². The highest BCUT2D eigenvalue weighted by Crippen LogP contribution is 2.25. The number of carbonyl (C=O) groups excluding carboxylic acids is 1. The molecule has 0 aliphatic rings. The molecule has 0 saturated heterocycles. The van der Waals surface area contributed by atoms with Gasteiger partial charge in [-0.25, -0.2) is 0 Å². The fourth-order valence-corrected chi connectivity index (χ4v) is 2.33. The van der Waals surface area contributed by atoms with Gasteiger partial charge >= 0.3 is 0 Å². The van der Waals surface area contributed by atoms with E-state index in [1.807, 2.05) is 0 Å². The maximum absolute atomic E-state index is 11.8. The molecule has 19 heavy (non-hydrogen) atoms. The molecule has 1 rings (SSSR count). The van der Waals surface area contributed by atoms with Crippen molar-refractivity contribution in [2.24, 2.45) is 0 Å². The van der Waals surface area contributed by atoms with Crippen molar-refractivity contribution in [3.8, 4) is 0 Å². The quantitative estimate of drug-likeness (QED) is 0.627. The Morgan fingerprint density at radius 1 is 1.53 bits per heavy atom. The molecule has 0 bridgehead atoms. The van der Waals surface area contributed by atoms with E-state index in [1.165, 1.54) is 18.2 Å². The van der Waals surface area contributed by atoms with Crippen LogP contribution in [-0.4, -0.2) is 33.1 Å². The summed E-state index contributed by atoms with van der Waals surface area (Å²) in [6, 6.07) is 4.15. The van der Waals surface area contributed by atoms with Crippen molar-refractivity contribution in [2.75, 3.05) is 18.1 Å². The van der Waals surface area contributed by atoms with Gasteiger partial charge in [-0.2, -0.15) is 0 Å². The molecule has 1 unspecified atom stereocenters. The summed E-state index contributed by atoms with van der Waals surface area (Å²) in [4.78, 5) is 21.9. The number of nitrogens with zero attached hydrogens (tertiary/aromatic N) is 1. The second-order valence-corrected chi connectivity index (χ2v) is 6.33. The molecule has 8 heteroatoms. The predicted octanol–water partition coefficient (Wildman–Crippen LogP) is 1.86. The lowest BCUT2D eigenvalue weighted by atomic mass is 10.2. The van der Waals surface area contributed by atoms with E-state index in [9.17, 15) is 19.1 Å². The van der Waals surface area contributed by atoms with Crippen molar-refractivity contribution in [3.63, 3.8) is 0 Å². The zero-order valence-electron chi connectivity index (χ0n) is 10.2. The summed E-state index contributed by atoms with van der Waals surface area (Å²) in [6.45, 7) is 2.08. The summed E-state index contributed by atoms with van der Waals surface area (Å²) in [5.41, 5.74) is 0.0435. The number of hydrogen-bond donors (Lipinski definition) is 1. The van der Waals surface area contributed by atoms with Crippen LogP contribution in [0.25, 0.3) is 0 Å². The number of nitrogens with one attached hydrogen (secondary N) is 1. The number of carbonyl (C=O) groups is 1. The molecule has 0 aliphatic carbocycles. The van der Waals surface area contributed by atoms with Crippen molar-refractivity contribution in [3.05, 3.63) is 38.3 Å². The first-order valence-corrected chi connectivity index (χ1v) is 7.81. The van der Waals surface area contributed by atoms with Crippen LogP contribution in [0.15, 0.2) is 22.7 Å². The highest BCUT2D eigenvalue weighted by atomic mass is 79.9. The zero-order chi connectivity index (χ0) is 14.4. The third-order valence-electron chi connectivity index (χ3n) is 2.34. The van der Waals surface area contributed by atoms with Crippen molar-refractivity contribution in [1.29, 1.82) is 0 Å². The molecule has 0 spiro atoms. The van der Waals surface area contributed by atoms with Crippen LogP contribution in [0, 0.1) is 10.1 Å². The van der Waals surface area contributed by atoms with Crippen LogP contribution in [0.4, 0.5) is 5.69 Å². The third-order valence-corrected chi connectivity index (χ3v) is 4.32. The molecular formula is C11H13BrN2O4S. The minimum absolute atomic E-state index is 0.162. The summed E-state index contributed by atoms with van der Waals surface area (Å²) in [7, 11) is -0.946. The van der Waals surface area contributed by atoms with Gasteiger partial charge in [-0.1, -0.05) is 6.92 Å². The second kappa shape index (κ2) is 7.34. The summed E-state index contributed by atoms with van der Waals surface area (Å²) in [5, 5.41) is 13.3. The van der Waals surface area contributed by atoms with Gasteiger partial charge in [0, 0.05) is 40.5 Å². The summed E-state index contributed by atoms with van der Waals surface area (Å²) >= 11 is 3.05. The zero-order valence-corrected chi connectivity index (χ0v) is 12.6. The summed E-state index contributed by atoms with van der Waals surface area (Å²) in [5.74, 6) is 0.504. The first-order chi connectivity index (χ1) is 8.95. The Labute approximate surface area is 121 Å². The molecule has 104 valence electrons. The minimum atomic E-state index is -0.946. The monoisotopic (exact) mass is 348 g/mol. The van der Waals surface area contributed by atoms with Crippen molar-refractivity contribution >= 4 is 38.3 Å².